The normalized spacial score (nSPS) is 14.6. The standard InChI is InChI=1S/C25H27ClN2O3/c1-17-3-4-18(2)22(15-17)30-21-11-13-28(14-12-21)25(29)10-9-24-27-16-23(31-24)19-5-7-20(26)8-6-19/h3-8,15-16,21H,9-14H2,1-2H3. The number of benzene rings is 2. The van der Waals surface area contributed by atoms with Gasteiger partial charge in [-0.2, -0.15) is 0 Å². The first kappa shape index (κ1) is 21.4. The third-order valence-electron chi connectivity index (χ3n) is 5.67. The molecule has 2 aromatic carbocycles. The predicted octanol–water partition coefficient (Wildman–Crippen LogP) is 5.61. The van der Waals surface area contributed by atoms with Crippen LogP contribution in [0, 0.1) is 13.8 Å². The zero-order chi connectivity index (χ0) is 21.8. The summed E-state index contributed by atoms with van der Waals surface area (Å²) >= 11 is 5.93. The van der Waals surface area contributed by atoms with Gasteiger partial charge in [0.05, 0.1) is 6.20 Å². The molecular formula is C25H27ClN2O3. The number of carbonyl (C=O) groups is 1. The second-order valence-corrected chi connectivity index (χ2v) is 8.53. The maximum atomic E-state index is 12.7. The van der Waals surface area contributed by atoms with Gasteiger partial charge in [-0.15, -0.1) is 0 Å². The van der Waals surface area contributed by atoms with Gasteiger partial charge in [0.1, 0.15) is 11.9 Å². The molecule has 2 heterocycles. The first-order chi connectivity index (χ1) is 15.0. The summed E-state index contributed by atoms with van der Waals surface area (Å²) in [7, 11) is 0. The number of carbonyl (C=O) groups excluding carboxylic acids is 1. The largest absolute Gasteiger partial charge is 0.490 e. The Balaban J connectivity index is 1.25. The highest BCUT2D eigenvalue weighted by Gasteiger charge is 2.24. The minimum Gasteiger partial charge on any atom is -0.490 e. The number of aryl methyl sites for hydroxylation is 3. The molecule has 1 aliphatic heterocycles. The molecule has 0 radical (unpaired) electrons. The van der Waals surface area contributed by atoms with Gasteiger partial charge in [0.15, 0.2) is 11.7 Å². The molecule has 1 aliphatic rings. The number of likely N-dealkylation sites (tertiary alicyclic amines) is 1. The minimum atomic E-state index is 0.136. The summed E-state index contributed by atoms with van der Waals surface area (Å²) in [6.45, 7) is 5.57. The summed E-state index contributed by atoms with van der Waals surface area (Å²) in [4.78, 5) is 18.9. The number of piperidine rings is 1. The van der Waals surface area contributed by atoms with E-state index in [2.05, 4.69) is 37.0 Å². The van der Waals surface area contributed by atoms with E-state index in [9.17, 15) is 4.79 Å². The van der Waals surface area contributed by atoms with E-state index in [-0.39, 0.29) is 12.0 Å². The predicted molar refractivity (Wildman–Crippen MR) is 121 cm³/mol. The molecule has 1 saturated heterocycles. The molecule has 1 amide bonds. The number of nitrogens with zero attached hydrogens (tertiary/aromatic N) is 2. The number of oxazole rings is 1. The second-order valence-electron chi connectivity index (χ2n) is 8.09. The molecule has 1 aromatic heterocycles. The van der Waals surface area contributed by atoms with Crippen molar-refractivity contribution in [1.82, 2.24) is 9.88 Å². The Labute approximate surface area is 188 Å². The van der Waals surface area contributed by atoms with Crippen LogP contribution < -0.4 is 4.74 Å². The average molecular weight is 439 g/mol. The van der Waals surface area contributed by atoms with Crippen molar-refractivity contribution < 1.29 is 13.9 Å². The summed E-state index contributed by atoms with van der Waals surface area (Å²) < 4.78 is 12.0. The summed E-state index contributed by atoms with van der Waals surface area (Å²) in [5.41, 5.74) is 3.26. The Hall–Kier alpha value is -2.79. The number of halogens is 1. The van der Waals surface area contributed by atoms with Gasteiger partial charge in [-0.05, 0) is 55.3 Å². The molecule has 31 heavy (non-hydrogen) atoms. The van der Waals surface area contributed by atoms with Crippen LogP contribution in [0.2, 0.25) is 5.02 Å². The van der Waals surface area contributed by atoms with Crippen LogP contribution in [0.4, 0.5) is 0 Å². The number of rotatable bonds is 6. The Bertz CT molecular complexity index is 1040. The van der Waals surface area contributed by atoms with Crippen LogP contribution in [0.25, 0.3) is 11.3 Å². The Morgan fingerprint density at radius 3 is 2.65 bits per heavy atom. The molecule has 5 nitrogen and oxygen atoms in total. The van der Waals surface area contributed by atoms with Crippen LogP contribution in [0.15, 0.2) is 53.1 Å². The van der Waals surface area contributed by atoms with Crippen molar-refractivity contribution in [3.05, 3.63) is 70.7 Å². The molecule has 4 rings (SSSR count). The third-order valence-corrected chi connectivity index (χ3v) is 5.92. The lowest BCUT2D eigenvalue weighted by Crippen LogP contribution is -2.41. The van der Waals surface area contributed by atoms with Gasteiger partial charge in [0, 0.05) is 49.4 Å². The van der Waals surface area contributed by atoms with E-state index in [1.807, 2.05) is 29.2 Å². The summed E-state index contributed by atoms with van der Waals surface area (Å²) in [5, 5.41) is 0.678. The van der Waals surface area contributed by atoms with Gasteiger partial charge in [-0.1, -0.05) is 23.7 Å². The molecule has 162 valence electrons. The lowest BCUT2D eigenvalue weighted by Gasteiger charge is -2.32. The molecule has 0 N–H and O–H groups in total. The van der Waals surface area contributed by atoms with Crippen LogP contribution >= 0.6 is 11.6 Å². The molecular weight excluding hydrogens is 412 g/mol. The Morgan fingerprint density at radius 2 is 1.90 bits per heavy atom. The third kappa shape index (κ3) is 5.47. The van der Waals surface area contributed by atoms with Crippen molar-refractivity contribution >= 4 is 17.5 Å². The molecule has 0 spiro atoms. The average Bonchev–Trinajstić information content (AvgIpc) is 3.25. The fourth-order valence-corrected chi connectivity index (χ4v) is 3.91. The van der Waals surface area contributed by atoms with Crippen LogP contribution in [0.1, 0.15) is 36.3 Å². The summed E-state index contributed by atoms with van der Waals surface area (Å²) in [6.07, 6.45) is 4.42. The van der Waals surface area contributed by atoms with Gasteiger partial charge in [0.2, 0.25) is 5.91 Å². The van der Waals surface area contributed by atoms with Crippen molar-refractivity contribution in [2.45, 2.75) is 45.6 Å². The minimum absolute atomic E-state index is 0.136. The van der Waals surface area contributed by atoms with Gasteiger partial charge in [-0.25, -0.2) is 4.98 Å². The molecule has 3 aromatic rings. The van der Waals surface area contributed by atoms with E-state index in [1.165, 1.54) is 5.56 Å². The van der Waals surface area contributed by atoms with Crippen molar-refractivity contribution in [2.24, 2.45) is 0 Å². The SMILES string of the molecule is Cc1ccc(C)c(OC2CCN(C(=O)CCc3ncc(-c4ccc(Cl)cc4)o3)CC2)c1. The monoisotopic (exact) mass is 438 g/mol. The van der Waals surface area contributed by atoms with Crippen LogP contribution in [-0.2, 0) is 11.2 Å². The molecule has 6 heteroatoms. The highest BCUT2D eigenvalue weighted by Crippen LogP contribution is 2.25. The van der Waals surface area contributed by atoms with Crippen molar-refractivity contribution in [1.29, 1.82) is 0 Å². The number of ether oxygens (including phenoxy) is 1. The smallest absolute Gasteiger partial charge is 0.223 e. The van der Waals surface area contributed by atoms with Crippen LogP contribution in [-0.4, -0.2) is 35.0 Å². The van der Waals surface area contributed by atoms with Gasteiger partial charge < -0.3 is 14.1 Å². The van der Waals surface area contributed by atoms with E-state index < -0.39 is 0 Å². The van der Waals surface area contributed by atoms with Crippen molar-refractivity contribution in [3.8, 4) is 17.1 Å². The zero-order valence-corrected chi connectivity index (χ0v) is 18.7. The second kappa shape index (κ2) is 9.56. The molecule has 0 aliphatic carbocycles. The first-order valence-electron chi connectivity index (χ1n) is 10.7. The van der Waals surface area contributed by atoms with Gasteiger partial charge in [0.25, 0.3) is 0 Å². The zero-order valence-electron chi connectivity index (χ0n) is 17.9. The maximum absolute atomic E-state index is 12.7. The van der Waals surface area contributed by atoms with Gasteiger partial charge >= 0.3 is 0 Å². The highest BCUT2D eigenvalue weighted by molar-refractivity contribution is 6.30. The first-order valence-corrected chi connectivity index (χ1v) is 11.1. The fraction of sp³-hybridized carbons (Fsp3) is 0.360. The van der Waals surface area contributed by atoms with Gasteiger partial charge in [-0.3, -0.25) is 4.79 Å². The quantitative estimate of drug-likeness (QED) is 0.501. The van der Waals surface area contributed by atoms with E-state index in [0.29, 0.717) is 29.5 Å². The van der Waals surface area contributed by atoms with Crippen molar-refractivity contribution in [3.63, 3.8) is 0 Å². The van der Waals surface area contributed by atoms with E-state index in [0.717, 1.165) is 42.8 Å². The molecule has 0 bridgehead atoms. The lowest BCUT2D eigenvalue weighted by molar-refractivity contribution is -0.133. The summed E-state index contributed by atoms with van der Waals surface area (Å²) in [6, 6.07) is 13.7. The van der Waals surface area contributed by atoms with E-state index in [1.54, 1.807) is 6.20 Å². The molecule has 0 saturated carbocycles. The fourth-order valence-electron chi connectivity index (χ4n) is 3.78. The van der Waals surface area contributed by atoms with E-state index in [4.69, 9.17) is 20.8 Å². The Kier molecular flexibility index (Phi) is 6.62. The van der Waals surface area contributed by atoms with Crippen LogP contribution in [0.3, 0.4) is 0 Å². The Morgan fingerprint density at radius 1 is 1.16 bits per heavy atom. The molecule has 0 unspecified atom stereocenters. The van der Waals surface area contributed by atoms with Crippen LogP contribution in [0.5, 0.6) is 5.75 Å². The number of hydrogen-bond donors (Lipinski definition) is 0. The maximum Gasteiger partial charge on any atom is 0.223 e. The highest BCUT2D eigenvalue weighted by atomic mass is 35.5. The van der Waals surface area contributed by atoms with Crippen molar-refractivity contribution in [2.75, 3.05) is 13.1 Å². The number of hydrogen-bond acceptors (Lipinski definition) is 4. The number of amides is 1. The lowest BCUT2D eigenvalue weighted by atomic mass is 10.1. The topological polar surface area (TPSA) is 55.6 Å². The summed E-state index contributed by atoms with van der Waals surface area (Å²) in [5.74, 6) is 2.34. The van der Waals surface area contributed by atoms with E-state index >= 15 is 0 Å². The molecule has 1 fully saturated rings. The number of aromatic nitrogens is 1. The molecule has 0 atom stereocenters.